The van der Waals surface area contributed by atoms with E-state index < -0.39 is 6.09 Å². The molecule has 2 rings (SSSR count). The zero-order chi connectivity index (χ0) is 11.5. The number of rotatable bonds is 3. The van der Waals surface area contributed by atoms with Crippen molar-refractivity contribution in [3.05, 3.63) is 29.6 Å². The third kappa shape index (κ3) is 2.31. The van der Waals surface area contributed by atoms with Crippen LogP contribution in [0.1, 0.15) is 11.4 Å². The van der Waals surface area contributed by atoms with Crippen molar-refractivity contribution in [3.8, 4) is 0 Å². The van der Waals surface area contributed by atoms with Gasteiger partial charge in [-0.2, -0.15) is 0 Å². The largest absolute Gasteiger partial charge is 0.465 e. The third-order valence-corrected chi connectivity index (χ3v) is 2.35. The number of imidazole rings is 1. The lowest BCUT2D eigenvalue weighted by Crippen LogP contribution is -2.23. The molecule has 0 saturated heterocycles. The minimum Gasteiger partial charge on any atom is -0.465 e. The number of nitrogens with one attached hydrogen (secondary N) is 2. The molecule has 0 aliphatic heterocycles. The monoisotopic (exact) mass is 219 g/mol. The molecule has 1 heterocycles. The quantitative estimate of drug-likeness (QED) is 0.735. The summed E-state index contributed by atoms with van der Waals surface area (Å²) in [5, 5.41) is 10.8. The molecule has 0 aliphatic rings. The van der Waals surface area contributed by atoms with Gasteiger partial charge in [-0.3, -0.25) is 0 Å². The topological polar surface area (TPSA) is 78.0 Å². The minimum absolute atomic E-state index is 0.425. The van der Waals surface area contributed by atoms with E-state index in [4.69, 9.17) is 5.11 Å². The number of amides is 1. The maximum absolute atomic E-state index is 10.3. The lowest BCUT2D eigenvalue weighted by atomic mass is 10.1. The van der Waals surface area contributed by atoms with Crippen molar-refractivity contribution >= 4 is 17.1 Å². The van der Waals surface area contributed by atoms with Crippen molar-refractivity contribution in [2.75, 3.05) is 6.54 Å². The molecule has 0 aliphatic carbocycles. The van der Waals surface area contributed by atoms with Gasteiger partial charge in [-0.25, -0.2) is 9.78 Å². The van der Waals surface area contributed by atoms with Gasteiger partial charge in [0.25, 0.3) is 0 Å². The van der Waals surface area contributed by atoms with E-state index in [1.807, 2.05) is 25.1 Å². The fraction of sp³-hybridized carbons (Fsp3) is 0.273. The second-order valence-electron chi connectivity index (χ2n) is 3.66. The van der Waals surface area contributed by atoms with E-state index in [9.17, 15) is 4.79 Å². The molecule has 0 unspecified atom stereocenters. The Morgan fingerprint density at radius 3 is 3.12 bits per heavy atom. The van der Waals surface area contributed by atoms with Crippen LogP contribution in [0, 0.1) is 6.92 Å². The van der Waals surface area contributed by atoms with Crippen LogP contribution < -0.4 is 5.32 Å². The Kier molecular flexibility index (Phi) is 2.76. The molecule has 16 heavy (non-hydrogen) atoms. The van der Waals surface area contributed by atoms with Gasteiger partial charge in [-0.15, -0.1) is 0 Å². The highest BCUT2D eigenvalue weighted by Crippen LogP contribution is 2.13. The van der Waals surface area contributed by atoms with Crippen molar-refractivity contribution in [1.29, 1.82) is 0 Å². The predicted octanol–water partition coefficient (Wildman–Crippen LogP) is 1.68. The Hall–Kier alpha value is -2.04. The van der Waals surface area contributed by atoms with E-state index in [0.717, 1.165) is 22.4 Å². The molecular weight excluding hydrogens is 206 g/mol. The number of H-pyrrole nitrogens is 1. The minimum atomic E-state index is -0.988. The van der Waals surface area contributed by atoms with Gasteiger partial charge in [-0.05, 0) is 31.0 Å². The maximum atomic E-state index is 10.3. The molecule has 5 nitrogen and oxygen atoms in total. The average molecular weight is 219 g/mol. The highest BCUT2D eigenvalue weighted by molar-refractivity contribution is 5.75. The Bertz CT molecular complexity index is 519. The van der Waals surface area contributed by atoms with Crippen molar-refractivity contribution in [2.45, 2.75) is 13.3 Å². The van der Waals surface area contributed by atoms with Gasteiger partial charge in [-0.1, -0.05) is 6.07 Å². The molecule has 0 saturated carbocycles. The molecule has 84 valence electrons. The number of hydrogen-bond donors (Lipinski definition) is 3. The number of carboxylic acid groups (broad SMARTS) is 1. The van der Waals surface area contributed by atoms with E-state index in [-0.39, 0.29) is 0 Å². The number of aromatic amines is 1. The standard InChI is InChI=1S/C11H13N3O2/c1-7-13-9-3-2-8(6-10(9)14-7)4-5-12-11(15)16/h2-3,6,12H,4-5H2,1H3,(H,13,14)(H,15,16). The summed E-state index contributed by atoms with van der Waals surface area (Å²) in [6, 6.07) is 5.90. The fourth-order valence-corrected chi connectivity index (χ4v) is 1.65. The highest BCUT2D eigenvalue weighted by Gasteiger charge is 2.01. The highest BCUT2D eigenvalue weighted by atomic mass is 16.4. The summed E-state index contributed by atoms with van der Waals surface area (Å²) in [4.78, 5) is 17.7. The number of benzene rings is 1. The van der Waals surface area contributed by atoms with Crippen LogP contribution in [0.4, 0.5) is 4.79 Å². The van der Waals surface area contributed by atoms with Crippen LogP contribution >= 0.6 is 0 Å². The van der Waals surface area contributed by atoms with Crippen LogP contribution in [0.2, 0.25) is 0 Å². The first-order valence-corrected chi connectivity index (χ1v) is 5.07. The van der Waals surface area contributed by atoms with Gasteiger partial charge in [0.05, 0.1) is 11.0 Å². The van der Waals surface area contributed by atoms with Crippen molar-refractivity contribution < 1.29 is 9.90 Å². The van der Waals surface area contributed by atoms with E-state index in [0.29, 0.717) is 13.0 Å². The molecule has 1 aromatic carbocycles. The van der Waals surface area contributed by atoms with Crippen LogP contribution in [-0.4, -0.2) is 27.7 Å². The Morgan fingerprint density at radius 2 is 2.38 bits per heavy atom. The molecule has 2 aromatic rings. The number of aromatic nitrogens is 2. The van der Waals surface area contributed by atoms with Crippen molar-refractivity contribution in [1.82, 2.24) is 15.3 Å². The lowest BCUT2D eigenvalue weighted by molar-refractivity contribution is 0.194. The second kappa shape index (κ2) is 4.22. The van der Waals surface area contributed by atoms with Crippen LogP contribution in [0.3, 0.4) is 0 Å². The molecule has 1 aromatic heterocycles. The summed E-state index contributed by atoms with van der Waals surface area (Å²) >= 11 is 0. The number of fused-ring (bicyclic) bond motifs is 1. The van der Waals surface area contributed by atoms with Crippen molar-refractivity contribution in [2.24, 2.45) is 0 Å². The van der Waals surface area contributed by atoms with Crippen LogP contribution in [0.5, 0.6) is 0 Å². The first-order valence-electron chi connectivity index (χ1n) is 5.07. The molecule has 0 fully saturated rings. The molecule has 3 N–H and O–H groups in total. The van der Waals surface area contributed by atoms with Gasteiger partial charge in [0.1, 0.15) is 5.82 Å². The third-order valence-electron chi connectivity index (χ3n) is 2.35. The smallest absolute Gasteiger partial charge is 0.404 e. The summed E-state index contributed by atoms with van der Waals surface area (Å²) in [6.45, 7) is 2.33. The van der Waals surface area contributed by atoms with Crippen LogP contribution in [0.15, 0.2) is 18.2 Å². The molecular formula is C11H13N3O2. The fourth-order valence-electron chi connectivity index (χ4n) is 1.65. The SMILES string of the molecule is Cc1nc2ccc(CCNC(=O)O)cc2[nH]1. The zero-order valence-corrected chi connectivity index (χ0v) is 8.95. The maximum Gasteiger partial charge on any atom is 0.404 e. The molecule has 1 amide bonds. The van der Waals surface area contributed by atoms with E-state index in [1.54, 1.807) is 0 Å². The molecule has 0 bridgehead atoms. The summed E-state index contributed by atoms with van der Waals surface area (Å²) < 4.78 is 0. The first kappa shape index (κ1) is 10.5. The molecule has 0 spiro atoms. The predicted molar refractivity (Wildman–Crippen MR) is 60.6 cm³/mol. The van der Waals surface area contributed by atoms with E-state index in [1.165, 1.54) is 0 Å². The van der Waals surface area contributed by atoms with Crippen LogP contribution in [0.25, 0.3) is 11.0 Å². The van der Waals surface area contributed by atoms with E-state index >= 15 is 0 Å². The van der Waals surface area contributed by atoms with Gasteiger partial charge < -0.3 is 15.4 Å². The van der Waals surface area contributed by atoms with Crippen molar-refractivity contribution in [3.63, 3.8) is 0 Å². The Labute approximate surface area is 92.5 Å². The average Bonchev–Trinajstić information content (AvgIpc) is 2.56. The van der Waals surface area contributed by atoms with Gasteiger partial charge in [0, 0.05) is 6.54 Å². The summed E-state index contributed by atoms with van der Waals surface area (Å²) in [6.07, 6.45) is -0.307. The Morgan fingerprint density at radius 1 is 1.56 bits per heavy atom. The molecule has 0 radical (unpaired) electrons. The number of hydrogen-bond acceptors (Lipinski definition) is 2. The van der Waals surface area contributed by atoms with Gasteiger partial charge in [0.2, 0.25) is 0 Å². The van der Waals surface area contributed by atoms with Gasteiger partial charge in [0.15, 0.2) is 0 Å². The Balaban J connectivity index is 2.10. The molecule has 0 atom stereocenters. The summed E-state index contributed by atoms with van der Waals surface area (Å²) in [5.74, 6) is 0.885. The number of carbonyl (C=O) groups is 1. The number of nitrogens with zero attached hydrogens (tertiary/aromatic N) is 1. The number of aryl methyl sites for hydroxylation is 1. The van der Waals surface area contributed by atoms with Crippen LogP contribution in [-0.2, 0) is 6.42 Å². The zero-order valence-electron chi connectivity index (χ0n) is 8.95. The van der Waals surface area contributed by atoms with Gasteiger partial charge >= 0.3 is 6.09 Å². The normalized spacial score (nSPS) is 10.6. The summed E-state index contributed by atoms with van der Waals surface area (Å²) in [7, 11) is 0. The first-order chi connectivity index (χ1) is 7.65. The lowest BCUT2D eigenvalue weighted by Gasteiger charge is -2.01. The second-order valence-corrected chi connectivity index (χ2v) is 3.66. The summed E-state index contributed by atoms with van der Waals surface area (Å²) in [5.41, 5.74) is 3.02. The van der Waals surface area contributed by atoms with E-state index in [2.05, 4.69) is 15.3 Å². The molecule has 5 heteroatoms.